The highest BCUT2D eigenvalue weighted by Crippen LogP contribution is 2.69. The van der Waals surface area contributed by atoms with E-state index in [-0.39, 0.29) is 5.41 Å². The van der Waals surface area contributed by atoms with Gasteiger partial charge in [-0.1, -0.05) is 146 Å². The average Bonchev–Trinajstić information content (AvgIpc) is 3.56. The number of nitrogens with zero attached hydrogens (tertiary/aromatic N) is 1. The Balaban J connectivity index is 0.935. The Morgan fingerprint density at radius 2 is 0.877 bits per heavy atom. The second-order valence-electron chi connectivity index (χ2n) is 17.4. The Morgan fingerprint density at radius 3 is 1.58 bits per heavy atom. The van der Waals surface area contributed by atoms with Gasteiger partial charge in [0, 0.05) is 22.4 Å². The van der Waals surface area contributed by atoms with Crippen molar-refractivity contribution in [3.8, 4) is 44.5 Å². The Labute approximate surface area is 336 Å². The number of para-hydroxylation sites is 1. The number of anilines is 3. The maximum atomic E-state index is 2.54. The summed E-state index contributed by atoms with van der Waals surface area (Å²) in [6, 6.07) is 70.3. The van der Waals surface area contributed by atoms with Gasteiger partial charge in [-0.05, 0) is 159 Å². The molecular formula is C56H45N. The van der Waals surface area contributed by atoms with Crippen molar-refractivity contribution in [2.24, 2.45) is 23.7 Å². The van der Waals surface area contributed by atoms with Crippen molar-refractivity contribution in [3.05, 3.63) is 199 Å². The molecule has 0 amide bonds. The monoisotopic (exact) mass is 731 g/mol. The number of benzene rings is 8. The van der Waals surface area contributed by atoms with Crippen molar-refractivity contribution in [3.63, 3.8) is 0 Å². The van der Waals surface area contributed by atoms with E-state index < -0.39 is 0 Å². The Bertz CT molecular complexity index is 2770. The largest absolute Gasteiger partial charge is 0.310 e. The molecule has 5 aliphatic carbocycles. The maximum Gasteiger partial charge on any atom is 0.0540 e. The predicted molar refractivity (Wildman–Crippen MR) is 238 cm³/mol. The van der Waals surface area contributed by atoms with Crippen LogP contribution in [0.15, 0.2) is 188 Å². The van der Waals surface area contributed by atoms with Gasteiger partial charge in [-0.15, -0.1) is 0 Å². The molecule has 8 aromatic rings. The summed E-state index contributed by atoms with van der Waals surface area (Å²) in [5.41, 5.74) is 17.2. The van der Waals surface area contributed by atoms with Gasteiger partial charge in [0.2, 0.25) is 0 Å². The minimum atomic E-state index is 0.207. The van der Waals surface area contributed by atoms with Crippen LogP contribution >= 0.6 is 0 Å². The molecule has 0 atom stereocenters. The fraction of sp³-hybridized carbons (Fsp3) is 0.179. The van der Waals surface area contributed by atoms with Gasteiger partial charge >= 0.3 is 0 Å². The van der Waals surface area contributed by atoms with E-state index in [0.717, 1.165) is 40.7 Å². The van der Waals surface area contributed by atoms with Crippen molar-refractivity contribution in [1.29, 1.82) is 0 Å². The molecule has 1 nitrogen and oxygen atoms in total. The Morgan fingerprint density at radius 1 is 0.351 bits per heavy atom. The molecule has 0 saturated heterocycles. The Hall–Kier alpha value is -6.18. The van der Waals surface area contributed by atoms with E-state index in [1.807, 2.05) is 0 Å². The lowest BCUT2D eigenvalue weighted by molar-refractivity contribution is -0.0399. The minimum absolute atomic E-state index is 0.207. The third kappa shape index (κ3) is 5.14. The summed E-state index contributed by atoms with van der Waals surface area (Å²) >= 11 is 0. The molecule has 0 heterocycles. The van der Waals surface area contributed by atoms with E-state index in [9.17, 15) is 0 Å². The van der Waals surface area contributed by atoms with Gasteiger partial charge in [-0.2, -0.15) is 0 Å². The number of hydrogen-bond donors (Lipinski definition) is 0. The first kappa shape index (κ1) is 33.0. The van der Waals surface area contributed by atoms with Gasteiger partial charge in [-0.25, -0.2) is 0 Å². The van der Waals surface area contributed by atoms with Crippen LogP contribution in [0, 0.1) is 23.7 Å². The lowest BCUT2D eigenvalue weighted by Crippen LogP contribution is -2.55. The molecular weight excluding hydrogens is 687 g/mol. The van der Waals surface area contributed by atoms with Gasteiger partial charge in [0.05, 0.1) is 5.69 Å². The van der Waals surface area contributed by atoms with Crippen molar-refractivity contribution in [1.82, 2.24) is 0 Å². The molecule has 0 aromatic heterocycles. The Kier molecular flexibility index (Phi) is 7.49. The van der Waals surface area contributed by atoms with E-state index in [1.165, 1.54) is 87.4 Å². The molecule has 4 fully saturated rings. The quantitative estimate of drug-likeness (QED) is 0.165. The summed E-state index contributed by atoms with van der Waals surface area (Å²) in [7, 11) is 0. The molecule has 8 aromatic carbocycles. The minimum Gasteiger partial charge on any atom is -0.310 e. The highest BCUT2D eigenvalue weighted by molar-refractivity contribution is 5.91. The zero-order valence-corrected chi connectivity index (χ0v) is 32.2. The number of rotatable bonds is 6. The lowest BCUT2D eigenvalue weighted by atomic mass is 9.43. The zero-order chi connectivity index (χ0) is 37.5. The van der Waals surface area contributed by atoms with Crippen LogP contribution in [-0.4, -0.2) is 0 Å². The van der Waals surface area contributed by atoms with Crippen molar-refractivity contribution >= 4 is 27.8 Å². The first-order chi connectivity index (χ1) is 28.2. The van der Waals surface area contributed by atoms with Gasteiger partial charge in [0.15, 0.2) is 0 Å². The summed E-state index contributed by atoms with van der Waals surface area (Å²) < 4.78 is 0. The van der Waals surface area contributed by atoms with Crippen LogP contribution in [0.25, 0.3) is 55.3 Å². The van der Waals surface area contributed by atoms with E-state index >= 15 is 0 Å². The third-order valence-electron chi connectivity index (χ3n) is 14.5. The van der Waals surface area contributed by atoms with E-state index in [0.29, 0.717) is 0 Å². The molecule has 0 unspecified atom stereocenters. The van der Waals surface area contributed by atoms with Crippen LogP contribution < -0.4 is 4.90 Å². The summed E-state index contributed by atoms with van der Waals surface area (Å²) in [4.78, 5) is 2.42. The summed E-state index contributed by atoms with van der Waals surface area (Å²) in [6.07, 6.45) is 7.15. The SMILES string of the molecule is c1ccc(-c2ccccc2N(c2ccc(-c3ccc4c(c3)-c3ccccc3C43C4CC5CC(C4)CC3C5)cc2)c2ccc(-c3ccc4ccccc4c3)cc2)cc1. The molecule has 13 rings (SSSR count). The molecule has 0 radical (unpaired) electrons. The highest BCUT2D eigenvalue weighted by atomic mass is 15.1. The lowest BCUT2D eigenvalue weighted by Gasteiger charge is -2.61. The summed E-state index contributed by atoms with van der Waals surface area (Å²) in [5.74, 6) is 3.48. The van der Waals surface area contributed by atoms with Crippen molar-refractivity contribution in [2.75, 3.05) is 4.90 Å². The zero-order valence-electron chi connectivity index (χ0n) is 32.2. The molecule has 0 aliphatic heterocycles. The van der Waals surface area contributed by atoms with Crippen LogP contribution in [0.3, 0.4) is 0 Å². The average molecular weight is 732 g/mol. The second-order valence-corrected chi connectivity index (χ2v) is 17.4. The molecule has 4 bridgehead atoms. The molecule has 1 heteroatoms. The number of hydrogen-bond acceptors (Lipinski definition) is 1. The number of fused-ring (bicyclic) bond motifs is 4. The normalized spacial score (nSPS) is 22.5. The van der Waals surface area contributed by atoms with Crippen LogP contribution in [-0.2, 0) is 5.41 Å². The molecule has 5 aliphatic rings. The molecule has 274 valence electrons. The van der Waals surface area contributed by atoms with Crippen molar-refractivity contribution in [2.45, 2.75) is 37.5 Å². The maximum absolute atomic E-state index is 2.54. The molecule has 0 N–H and O–H groups in total. The summed E-state index contributed by atoms with van der Waals surface area (Å²) in [6.45, 7) is 0. The van der Waals surface area contributed by atoms with Gasteiger partial charge in [0.1, 0.15) is 0 Å². The fourth-order valence-electron chi connectivity index (χ4n) is 12.3. The molecule has 1 spiro atoms. The van der Waals surface area contributed by atoms with E-state index in [4.69, 9.17) is 0 Å². The van der Waals surface area contributed by atoms with E-state index in [1.54, 1.807) is 11.1 Å². The van der Waals surface area contributed by atoms with Crippen LogP contribution in [0.5, 0.6) is 0 Å². The smallest absolute Gasteiger partial charge is 0.0540 e. The van der Waals surface area contributed by atoms with E-state index in [2.05, 4.69) is 193 Å². The van der Waals surface area contributed by atoms with Crippen LogP contribution in [0.1, 0.15) is 43.2 Å². The topological polar surface area (TPSA) is 3.24 Å². The van der Waals surface area contributed by atoms with Crippen LogP contribution in [0.4, 0.5) is 17.1 Å². The first-order valence-corrected chi connectivity index (χ1v) is 21.1. The highest BCUT2D eigenvalue weighted by Gasteiger charge is 2.61. The second kappa shape index (κ2) is 12.9. The standard InChI is InChI=1S/C56H45N/c1-2-11-42(12-3-1)50-14-7-9-17-55(50)57(48-25-20-40(21-26-48)44-19-18-39-10-4-5-13-43(39)35-44)49-27-22-41(23-28-49)45-24-29-54-52(36-45)51-15-6-8-16-53(51)56(54)46-31-37-30-38(33-46)34-47(56)32-37/h1-29,35-38,46-47H,30-34H2. The third-order valence-corrected chi connectivity index (χ3v) is 14.5. The fourth-order valence-corrected chi connectivity index (χ4v) is 12.3. The molecule has 4 saturated carbocycles. The van der Waals surface area contributed by atoms with Gasteiger partial charge in [0.25, 0.3) is 0 Å². The summed E-state index contributed by atoms with van der Waals surface area (Å²) in [5, 5.41) is 2.53. The van der Waals surface area contributed by atoms with Gasteiger partial charge < -0.3 is 4.90 Å². The predicted octanol–water partition coefficient (Wildman–Crippen LogP) is 15.0. The van der Waals surface area contributed by atoms with Crippen molar-refractivity contribution < 1.29 is 0 Å². The van der Waals surface area contributed by atoms with Gasteiger partial charge in [-0.3, -0.25) is 0 Å². The molecule has 57 heavy (non-hydrogen) atoms. The van der Waals surface area contributed by atoms with Crippen LogP contribution in [0.2, 0.25) is 0 Å². The first-order valence-electron chi connectivity index (χ1n) is 21.1.